The van der Waals surface area contributed by atoms with E-state index in [0.717, 1.165) is 17.1 Å². The van der Waals surface area contributed by atoms with Crippen molar-refractivity contribution in [2.45, 2.75) is 128 Å². The van der Waals surface area contributed by atoms with Crippen LogP contribution in [0.2, 0.25) is 0 Å². The van der Waals surface area contributed by atoms with Gasteiger partial charge in [-0.05, 0) is 51.4 Å². The van der Waals surface area contributed by atoms with Crippen molar-refractivity contribution >= 4 is 83.4 Å². The van der Waals surface area contributed by atoms with Gasteiger partial charge >= 0.3 is 23.9 Å². The zero-order valence-electron chi connectivity index (χ0n) is 60.6. The minimum Gasteiger partial charge on any atom is -0.481 e. The first-order valence-electron chi connectivity index (χ1n) is 35.2. The van der Waals surface area contributed by atoms with E-state index in [9.17, 15) is 72.2 Å². The van der Waals surface area contributed by atoms with E-state index in [-0.39, 0.29) is 141 Å². The lowest BCUT2D eigenvalue weighted by Crippen LogP contribution is -2.56. The monoisotopic (exact) mass is 1510 g/mol. The fraction of sp³-hybridized carbons (Fsp3) is 0.758. The molecule has 0 radical (unpaired) electrons. The number of urea groups is 1. The smallest absolute Gasteiger partial charge is 0.326 e. The Bertz CT molecular complexity index is 2560. The molecule has 0 aliphatic carbocycles. The molecule has 1 aliphatic heterocycles. The maximum atomic E-state index is 13.4. The van der Waals surface area contributed by atoms with Gasteiger partial charge in [-0.3, -0.25) is 52.8 Å². The molecule has 0 bridgehead atoms. The molecule has 11 amide bonds. The number of nitrogens with zero attached hydrogens (tertiary/aromatic N) is 1. The van der Waals surface area contributed by atoms with Crippen LogP contribution in [0.3, 0.4) is 0 Å². The SMILES string of the molecule is CC(C=O)NC(=O)C(NC(=O)C(CCCCNC(=O)CCOCCOCCOCCOCCNC(=O)CCOCCOCCOCCOCCNC(=O)CCOCCOCCOCCOCCNC(=O)CCC(NC(=O)NC(CCC(=O)O)C(=O)O)C(=O)O)NC(=O)CCCN1C(=O)C=CC1=O)C(C)C. The van der Waals surface area contributed by atoms with E-state index >= 15 is 0 Å². The summed E-state index contributed by atoms with van der Waals surface area (Å²) in [7, 11) is 0. The first-order chi connectivity index (χ1) is 50.5. The van der Waals surface area contributed by atoms with E-state index in [0.29, 0.717) is 144 Å². The second kappa shape index (κ2) is 63.3. The number of carboxylic acids is 3. The predicted molar refractivity (Wildman–Crippen MR) is 368 cm³/mol. The van der Waals surface area contributed by atoms with Crippen molar-refractivity contribution in [3.63, 3.8) is 0 Å². The van der Waals surface area contributed by atoms with Crippen LogP contribution in [0.15, 0.2) is 12.2 Å². The summed E-state index contributed by atoms with van der Waals surface area (Å²) >= 11 is 0. The van der Waals surface area contributed by atoms with Crippen molar-refractivity contribution in [2.24, 2.45) is 5.92 Å². The van der Waals surface area contributed by atoms with Crippen molar-refractivity contribution in [1.29, 1.82) is 0 Å². The summed E-state index contributed by atoms with van der Waals surface area (Å²) in [5.41, 5.74) is 0. The maximum absolute atomic E-state index is 13.4. The van der Waals surface area contributed by atoms with Crippen LogP contribution >= 0.6 is 0 Å². The zero-order chi connectivity index (χ0) is 77.5. The molecule has 0 aromatic heterocycles. The lowest BCUT2D eigenvalue weighted by molar-refractivity contribution is -0.141. The molecule has 0 saturated carbocycles. The van der Waals surface area contributed by atoms with Gasteiger partial charge in [0.25, 0.3) is 11.8 Å². The number of carbonyl (C=O) groups excluding carboxylic acids is 11. The normalized spacial score (nSPS) is 13.3. The fourth-order valence-corrected chi connectivity index (χ4v) is 8.76. The van der Waals surface area contributed by atoms with Gasteiger partial charge in [0.1, 0.15) is 30.5 Å². The summed E-state index contributed by atoms with van der Waals surface area (Å²) in [5, 5.41) is 50.1. The number of ether oxygens (including phenoxy) is 12. The number of nitrogens with one attached hydrogen (secondary N) is 9. The summed E-state index contributed by atoms with van der Waals surface area (Å²) in [6.45, 7) is 13.0. The van der Waals surface area contributed by atoms with Crippen molar-refractivity contribution in [1.82, 2.24) is 52.8 Å². The second-order valence-corrected chi connectivity index (χ2v) is 23.4. The molecule has 1 rings (SSSR count). The number of hydrogen-bond donors (Lipinski definition) is 12. The van der Waals surface area contributed by atoms with E-state index in [1.165, 1.54) is 6.92 Å². The molecule has 5 atom stereocenters. The largest absolute Gasteiger partial charge is 0.481 e. The number of aliphatic carboxylic acids is 3. The summed E-state index contributed by atoms with van der Waals surface area (Å²) in [5.74, 6) is -8.26. The van der Waals surface area contributed by atoms with Gasteiger partial charge in [0.2, 0.25) is 41.4 Å². The predicted octanol–water partition coefficient (Wildman–Crippen LogP) is -3.12. The van der Waals surface area contributed by atoms with E-state index in [1.54, 1.807) is 13.8 Å². The third-order valence-corrected chi connectivity index (χ3v) is 14.4. The van der Waals surface area contributed by atoms with Crippen LogP contribution in [-0.2, 0) is 119 Å². The van der Waals surface area contributed by atoms with Gasteiger partial charge in [-0.15, -0.1) is 0 Å². The summed E-state index contributed by atoms with van der Waals surface area (Å²) < 4.78 is 65.5. The molecule has 0 aromatic carbocycles. The van der Waals surface area contributed by atoms with Crippen molar-refractivity contribution in [3.05, 3.63) is 12.2 Å². The molecular weight excluding hydrogens is 1400 g/mol. The molecular formula is C66H112N10O29. The number of rotatable bonds is 71. The molecule has 1 aliphatic rings. The first-order valence-corrected chi connectivity index (χ1v) is 35.2. The van der Waals surface area contributed by atoms with Crippen molar-refractivity contribution in [3.8, 4) is 0 Å². The Hall–Kier alpha value is -7.96. The third kappa shape index (κ3) is 54.3. The quantitative estimate of drug-likeness (QED) is 0.0163. The van der Waals surface area contributed by atoms with Crippen LogP contribution in [-0.4, -0.2) is 325 Å². The van der Waals surface area contributed by atoms with Gasteiger partial charge in [-0.2, -0.15) is 0 Å². The molecule has 0 spiro atoms. The lowest BCUT2D eigenvalue weighted by Gasteiger charge is -2.26. The Balaban J connectivity index is 1.91. The van der Waals surface area contributed by atoms with Gasteiger partial charge in [-0.25, -0.2) is 14.4 Å². The van der Waals surface area contributed by atoms with Gasteiger partial charge in [0.05, 0.1) is 165 Å². The Kier molecular flexibility index (Phi) is 57.3. The Morgan fingerprint density at radius 3 is 1.09 bits per heavy atom. The highest BCUT2D eigenvalue weighted by Gasteiger charge is 2.31. The minimum absolute atomic E-state index is 0.0283. The number of carbonyl (C=O) groups is 14. The Morgan fingerprint density at radius 1 is 0.371 bits per heavy atom. The van der Waals surface area contributed by atoms with E-state index < -0.39 is 102 Å². The summed E-state index contributed by atoms with van der Waals surface area (Å²) in [4.78, 5) is 169. The van der Waals surface area contributed by atoms with Crippen molar-refractivity contribution < 1.29 is 139 Å². The molecule has 0 saturated heterocycles. The summed E-state index contributed by atoms with van der Waals surface area (Å²) in [6, 6.07) is -7.00. The number of unbranched alkanes of at least 4 members (excludes halogenated alkanes) is 1. The van der Waals surface area contributed by atoms with Crippen LogP contribution in [0.4, 0.5) is 4.79 Å². The number of imide groups is 1. The van der Waals surface area contributed by atoms with E-state index in [2.05, 4.69) is 42.5 Å². The van der Waals surface area contributed by atoms with Crippen molar-refractivity contribution in [2.75, 3.05) is 191 Å². The highest BCUT2D eigenvalue weighted by Crippen LogP contribution is 2.10. The first kappa shape index (κ1) is 95.1. The molecule has 12 N–H and O–H groups in total. The van der Waals surface area contributed by atoms with Crippen LogP contribution < -0.4 is 47.9 Å². The highest BCUT2D eigenvalue weighted by atomic mass is 16.6. The van der Waals surface area contributed by atoms with Crippen LogP contribution in [0, 0.1) is 5.92 Å². The average molecular weight is 1510 g/mol. The maximum Gasteiger partial charge on any atom is 0.326 e. The van der Waals surface area contributed by atoms with Crippen LogP contribution in [0.25, 0.3) is 0 Å². The average Bonchev–Trinajstić information content (AvgIpc) is 1.86. The Labute approximate surface area is 610 Å². The van der Waals surface area contributed by atoms with Gasteiger partial charge in [0, 0.05) is 83.4 Å². The zero-order valence-corrected chi connectivity index (χ0v) is 60.6. The molecule has 105 heavy (non-hydrogen) atoms. The van der Waals surface area contributed by atoms with Gasteiger partial charge in [0.15, 0.2) is 0 Å². The fourth-order valence-electron chi connectivity index (χ4n) is 8.76. The number of aldehydes is 1. The lowest BCUT2D eigenvalue weighted by atomic mass is 10.0. The minimum atomic E-state index is -1.55. The topological polar surface area (TPSA) is 522 Å². The molecule has 600 valence electrons. The summed E-state index contributed by atoms with van der Waals surface area (Å²) in [6.07, 6.45) is 2.98. The standard InChI is InChI=1S/C66H112N10O29/c1-48(2)61(63(88)71-49(3)47-77)75-62(87)50(72-57(82)8-6-22-76-58(83)12-13-59(76)84)7-4-5-18-67-54(79)15-23-94-29-35-100-41-45-104-39-33-98-27-20-69-56(81)17-25-96-31-37-102-43-46-105-40-34-99-28-21-70-55(80)16-24-95-30-36-101-42-44-103-38-32-97-26-19-68-53(78)11-9-51(64(89)90)73-66(93)74-52(65(91)92)10-14-60(85)86/h12-13,47-52,61H,4-11,14-46H2,1-3H3,(H,67,79)(H,68,78)(H,69,81)(H,70,80)(H,71,88)(H,72,82)(H,75,87)(H,85,86)(H,89,90)(H,91,92)(H2,73,74,93). The van der Waals surface area contributed by atoms with E-state index in [1.807, 2.05) is 5.32 Å². The molecule has 5 unspecified atom stereocenters. The number of carboxylic acid groups (broad SMARTS) is 3. The highest BCUT2D eigenvalue weighted by molar-refractivity contribution is 6.12. The number of hydrogen-bond acceptors (Lipinski definition) is 26. The van der Waals surface area contributed by atoms with Crippen LogP contribution in [0.1, 0.15) is 97.8 Å². The molecule has 1 heterocycles. The number of amides is 11. The molecule has 39 nitrogen and oxygen atoms in total. The second-order valence-electron chi connectivity index (χ2n) is 23.4. The Morgan fingerprint density at radius 2 is 0.724 bits per heavy atom. The van der Waals surface area contributed by atoms with Crippen LogP contribution in [0.5, 0.6) is 0 Å². The molecule has 39 heteroatoms. The van der Waals surface area contributed by atoms with Gasteiger partial charge in [-0.1, -0.05) is 13.8 Å². The van der Waals surface area contributed by atoms with E-state index in [4.69, 9.17) is 67.1 Å². The third-order valence-electron chi connectivity index (χ3n) is 14.4. The van der Waals surface area contributed by atoms with Gasteiger partial charge < -0.3 is 125 Å². The molecule has 0 aromatic rings. The molecule has 0 fully saturated rings.